The first-order chi connectivity index (χ1) is 11.2. The summed E-state index contributed by atoms with van der Waals surface area (Å²) in [6.07, 6.45) is 2.37. The number of imidazole rings is 1. The average molecular weight is 303 g/mol. The summed E-state index contributed by atoms with van der Waals surface area (Å²) in [5.41, 5.74) is 6.03. The summed E-state index contributed by atoms with van der Waals surface area (Å²) in [7, 11) is 0. The molecule has 0 aliphatic rings. The fourth-order valence-corrected chi connectivity index (χ4v) is 2.93. The first-order valence-electron chi connectivity index (χ1n) is 8.06. The number of nitrogens with zero attached hydrogens (tertiary/aromatic N) is 3. The first-order valence-corrected chi connectivity index (χ1v) is 8.06. The van der Waals surface area contributed by atoms with Gasteiger partial charge in [-0.05, 0) is 49.1 Å². The molecule has 0 atom stereocenters. The van der Waals surface area contributed by atoms with E-state index in [0.29, 0.717) is 13.0 Å². The molecule has 23 heavy (non-hydrogen) atoms. The highest BCUT2D eigenvalue weighted by Crippen LogP contribution is 2.22. The number of aromatic nitrogens is 2. The Morgan fingerprint density at radius 2 is 1.78 bits per heavy atom. The standard InChI is InChI=1S/C20H21N3/c1-15-13-18-19(14-16(15)2)23(12-6-11-21)20(22-18)10-9-17-7-4-3-5-8-17/h3-5,7-8,13-14H,6,9-10,12H2,1-2H3. The molecule has 0 bridgehead atoms. The number of rotatable bonds is 5. The molecule has 0 saturated heterocycles. The minimum atomic E-state index is 0.511. The second-order valence-electron chi connectivity index (χ2n) is 6.00. The van der Waals surface area contributed by atoms with Crippen molar-refractivity contribution in [1.82, 2.24) is 9.55 Å². The van der Waals surface area contributed by atoms with E-state index >= 15 is 0 Å². The van der Waals surface area contributed by atoms with Gasteiger partial charge in [-0.25, -0.2) is 4.98 Å². The summed E-state index contributed by atoms with van der Waals surface area (Å²) in [6, 6.07) is 17.1. The van der Waals surface area contributed by atoms with Crippen molar-refractivity contribution in [2.45, 2.75) is 39.7 Å². The number of nitriles is 1. The molecule has 3 nitrogen and oxygen atoms in total. The maximum Gasteiger partial charge on any atom is 0.110 e. The second kappa shape index (κ2) is 6.66. The fourth-order valence-electron chi connectivity index (χ4n) is 2.93. The maximum atomic E-state index is 8.95. The Morgan fingerprint density at radius 1 is 1.04 bits per heavy atom. The lowest BCUT2D eigenvalue weighted by Gasteiger charge is -2.08. The Balaban J connectivity index is 1.96. The maximum absolute atomic E-state index is 8.95. The van der Waals surface area contributed by atoms with Crippen LogP contribution in [0.3, 0.4) is 0 Å². The Bertz CT molecular complexity index is 854. The second-order valence-corrected chi connectivity index (χ2v) is 6.00. The Hall–Kier alpha value is -2.60. The SMILES string of the molecule is Cc1cc2nc(CCc3ccccc3)n(CCC#N)c2cc1C. The zero-order chi connectivity index (χ0) is 16.2. The number of aryl methyl sites for hydroxylation is 5. The minimum Gasteiger partial charge on any atom is -0.327 e. The molecule has 0 saturated carbocycles. The summed E-state index contributed by atoms with van der Waals surface area (Å²) < 4.78 is 2.22. The normalized spacial score (nSPS) is 10.8. The van der Waals surface area contributed by atoms with E-state index in [1.165, 1.54) is 16.7 Å². The average Bonchev–Trinajstić information content (AvgIpc) is 2.89. The van der Waals surface area contributed by atoms with Crippen molar-refractivity contribution in [2.75, 3.05) is 0 Å². The van der Waals surface area contributed by atoms with Crippen molar-refractivity contribution >= 4 is 11.0 Å². The quantitative estimate of drug-likeness (QED) is 0.703. The number of fused-ring (bicyclic) bond motifs is 1. The van der Waals surface area contributed by atoms with Gasteiger partial charge in [-0.2, -0.15) is 5.26 Å². The third-order valence-corrected chi connectivity index (χ3v) is 4.37. The van der Waals surface area contributed by atoms with Crippen LogP contribution in [-0.4, -0.2) is 9.55 Å². The summed E-state index contributed by atoms with van der Waals surface area (Å²) in [5, 5.41) is 8.95. The van der Waals surface area contributed by atoms with Crippen LogP contribution in [-0.2, 0) is 19.4 Å². The molecule has 0 aliphatic heterocycles. The van der Waals surface area contributed by atoms with Crippen LogP contribution in [0.15, 0.2) is 42.5 Å². The van der Waals surface area contributed by atoms with Crippen molar-refractivity contribution in [3.63, 3.8) is 0 Å². The number of hydrogen-bond donors (Lipinski definition) is 0. The van der Waals surface area contributed by atoms with Crippen molar-refractivity contribution < 1.29 is 0 Å². The van der Waals surface area contributed by atoms with Gasteiger partial charge >= 0.3 is 0 Å². The van der Waals surface area contributed by atoms with Crippen LogP contribution in [0.25, 0.3) is 11.0 Å². The molecule has 3 rings (SSSR count). The van der Waals surface area contributed by atoms with Gasteiger partial charge in [-0.15, -0.1) is 0 Å². The number of hydrogen-bond acceptors (Lipinski definition) is 2. The van der Waals surface area contributed by atoms with Crippen LogP contribution in [0.2, 0.25) is 0 Å². The van der Waals surface area contributed by atoms with Gasteiger partial charge in [0.15, 0.2) is 0 Å². The van der Waals surface area contributed by atoms with Crippen molar-refractivity contribution in [1.29, 1.82) is 5.26 Å². The topological polar surface area (TPSA) is 41.6 Å². The molecule has 0 N–H and O–H groups in total. The van der Waals surface area contributed by atoms with Gasteiger partial charge < -0.3 is 4.57 Å². The summed E-state index contributed by atoms with van der Waals surface area (Å²) in [5.74, 6) is 1.07. The summed E-state index contributed by atoms with van der Waals surface area (Å²) >= 11 is 0. The van der Waals surface area contributed by atoms with Gasteiger partial charge in [0, 0.05) is 13.0 Å². The van der Waals surface area contributed by atoms with E-state index < -0.39 is 0 Å². The number of benzene rings is 2. The van der Waals surface area contributed by atoms with Crippen LogP contribution >= 0.6 is 0 Å². The van der Waals surface area contributed by atoms with E-state index in [1.54, 1.807) is 0 Å². The molecule has 0 spiro atoms. The molecule has 0 fully saturated rings. The molecule has 0 amide bonds. The Kier molecular flexibility index (Phi) is 4.43. The molecule has 1 heterocycles. The van der Waals surface area contributed by atoms with E-state index in [-0.39, 0.29) is 0 Å². The van der Waals surface area contributed by atoms with Crippen LogP contribution in [0.1, 0.15) is 28.9 Å². The van der Waals surface area contributed by atoms with Crippen LogP contribution in [0.4, 0.5) is 0 Å². The molecular formula is C20H21N3. The molecule has 116 valence electrons. The van der Waals surface area contributed by atoms with Crippen LogP contribution in [0.5, 0.6) is 0 Å². The first kappa shape index (κ1) is 15.3. The van der Waals surface area contributed by atoms with Crippen molar-refractivity contribution in [3.05, 3.63) is 65.0 Å². The molecule has 3 aromatic rings. The molecule has 1 aromatic heterocycles. The van der Waals surface area contributed by atoms with Crippen LogP contribution in [0, 0.1) is 25.2 Å². The zero-order valence-corrected chi connectivity index (χ0v) is 13.7. The molecule has 0 aliphatic carbocycles. The Morgan fingerprint density at radius 3 is 2.52 bits per heavy atom. The highest BCUT2D eigenvalue weighted by atomic mass is 15.1. The zero-order valence-electron chi connectivity index (χ0n) is 13.7. The lowest BCUT2D eigenvalue weighted by Crippen LogP contribution is -2.05. The largest absolute Gasteiger partial charge is 0.327 e. The third-order valence-electron chi connectivity index (χ3n) is 4.37. The predicted molar refractivity (Wildman–Crippen MR) is 93.3 cm³/mol. The molecule has 0 unspecified atom stereocenters. The highest BCUT2D eigenvalue weighted by molar-refractivity contribution is 5.78. The lowest BCUT2D eigenvalue weighted by atomic mass is 10.1. The van der Waals surface area contributed by atoms with E-state index in [1.807, 2.05) is 6.07 Å². The minimum absolute atomic E-state index is 0.511. The smallest absolute Gasteiger partial charge is 0.110 e. The monoisotopic (exact) mass is 303 g/mol. The Labute approximate surface area is 137 Å². The van der Waals surface area contributed by atoms with Gasteiger partial charge in [0.2, 0.25) is 0 Å². The van der Waals surface area contributed by atoms with E-state index in [2.05, 4.69) is 60.9 Å². The molecule has 0 radical (unpaired) electrons. The molecule has 3 heteroatoms. The van der Waals surface area contributed by atoms with E-state index in [0.717, 1.165) is 29.7 Å². The fraction of sp³-hybridized carbons (Fsp3) is 0.300. The highest BCUT2D eigenvalue weighted by Gasteiger charge is 2.12. The van der Waals surface area contributed by atoms with Crippen molar-refractivity contribution in [3.8, 4) is 6.07 Å². The third kappa shape index (κ3) is 3.27. The van der Waals surface area contributed by atoms with Crippen molar-refractivity contribution in [2.24, 2.45) is 0 Å². The van der Waals surface area contributed by atoms with Gasteiger partial charge in [-0.3, -0.25) is 0 Å². The van der Waals surface area contributed by atoms with Gasteiger partial charge in [0.05, 0.1) is 23.5 Å². The van der Waals surface area contributed by atoms with Crippen LogP contribution < -0.4 is 0 Å². The molecule has 2 aromatic carbocycles. The van der Waals surface area contributed by atoms with E-state index in [4.69, 9.17) is 10.2 Å². The summed E-state index contributed by atoms with van der Waals surface area (Å²) in [6.45, 7) is 4.95. The van der Waals surface area contributed by atoms with Gasteiger partial charge in [0.1, 0.15) is 5.82 Å². The lowest BCUT2D eigenvalue weighted by molar-refractivity contribution is 0.676. The molecular weight excluding hydrogens is 282 g/mol. The van der Waals surface area contributed by atoms with Gasteiger partial charge in [0.25, 0.3) is 0 Å². The van der Waals surface area contributed by atoms with Gasteiger partial charge in [-0.1, -0.05) is 30.3 Å². The predicted octanol–water partition coefficient (Wildman–Crippen LogP) is 4.35. The summed E-state index contributed by atoms with van der Waals surface area (Å²) in [4.78, 5) is 4.84. The van der Waals surface area contributed by atoms with E-state index in [9.17, 15) is 0 Å².